The fraction of sp³-hybridized carbons (Fsp3) is 0.409. The minimum atomic E-state index is -4.91. The van der Waals surface area contributed by atoms with Crippen LogP contribution in [0, 0.1) is 0 Å². The third-order valence-corrected chi connectivity index (χ3v) is 6.48. The van der Waals surface area contributed by atoms with Gasteiger partial charge in [0.15, 0.2) is 6.04 Å². The maximum Gasteiger partial charge on any atom is 0.529 e. The summed E-state index contributed by atoms with van der Waals surface area (Å²) in [7, 11) is -4.91. The van der Waals surface area contributed by atoms with E-state index in [1.807, 2.05) is 0 Å². The van der Waals surface area contributed by atoms with Crippen LogP contribution in [0.3, 0.4) is 0 Å². The van der Waals surface area contributed by atoms with E-state index in [1.54, 1.807) is 37.3 Å². The fourth-order valence-electron chi connectivity index (χ4n) is 3.54. The Balaban J connectivity index is 1.63. The number of benzene rings is 1. The molecule has 3 rings (SSSR count). The topological polar surface area (TPSA) is 170 Å². The van der Waals surface area contributed by atoms with Gasteiger partial charge in [0.25, 0.3) is 5.56 Å². The number of halogens is 1. The van der Waals surface area contributed by atoms with Gasteiger partial charge >= 0.3 is 19.5 Å². The van der Waals surface area contributed by atoms with Crippen molar-refractivity contribution in [2.75, 3.05) is 18.3 Å². The number of hydrogen-bond donors (Lipinski definition) is 3. The number of carbonyl (C=O) groups is 1. The van der Waals surface area contributed by atoms with Crippen LogP contribution >= 0.6 is 23.8 Å². The molecule has 1 fully saturated rings. The number of phosphoric ester groups is 1. The van der Waals surface area contributed by atoms with Crippen molar-refractivity contribution in [3.05, 3.63) is 67.9 Å². The molecule has 13 nitrogen and oxygen atoms in total. The number of nitrogens with one attached hydrogen (secondary N) is 1. The molecule has 5 atom stereocenters. The quantitative estimate of drug-likeness (QED) is 0.254. The summed E-state index contributed by atoms with van der Waals surface area (Å²) in [5, 5.41) is 11.6. The Morgan fingerprint density at radius 3 is 2.73 bits per heavy atom. The zero-order valence-electron chi connectivity index (χ0n) is 19.9. The molecule has 0 aliphatic carbocycles. The molecule has 1 aromatic heterocycles. The average molecular weight is 604 g/mol. The molecule has 0 radical (unpaired) electrons. The van der Waals surface area contributed by atoms with Crippen molar-refractivity contribution in [2.45, 2.75) is 44.7 Å². The summed E-state index contributed by atoms with van der Waals surface area (Å²) in [6.07, 6.45) is -0.676. The van der Waals surface area contributed by atoms with Crippen LogP contribution in [0.2, 0.25) is 0 Å². The number of hydrogen-bond acceptors (Lipinski definition) is 10. The van der Waals surface area contributed by atoms with Crippen LogP contribution in [0.15, 0.2) is 51.1 Å². The van der Waals surface area contributed by atoms with Gasteiger partial charge in [-0.25, -0.2) is 19.2 Å². The first-order chi connectivity index (χ1) is 17.6. The molecule has 2 heterocycles. The number of aliphatic hydroxyl groups excluding tert-OH is 1. The predicted octanol–water partition coefficient (Wildman–Crippen LogP) is 2.06. The van der Waals surface area contributed by atoms with Crippen molar-refractivity contribution < 1.29 is 38.0 Å². The van der Waals surface area contributed by atoms with Crippen LogP contribution in [0.4, 0.5) is 5.69 Å². The predicted molar refractivity (Wildman–Crippen MR) is 136 cm³/mol. The van der Waals surface area contributed by atoms with Gasteiger partial charge in [-0.15, -0.1) is 0 Å². The van der Waals surface area contributed by atoms with Gasteiger partial charge in [0.2, 0.25) is 0 Å². The first-order valence-electron chi connectivity index (χ1n) is 11.2. The summed E-state index contributed by atoms with van der Waals surface area (Å²) in [5.74, 6) is -1.08. The highest BCUT2D eigenvalue weighted by molar-refractivity contribution is 9.11. The molecule has 2 aromatic rings. The first-order valence-corrected chi connectivity index (χ1v) is 13.6. The molecular formula is C22H27BrN3O10P. The lowest BCUT2D eigenvalue weighted by atomic mass is 10.2. The molecule has 1 aliphatic heterocycles. The lowest BCUT2D eigenvalue weighted by molar-refractivity contribution is -0.139. The molecule has 37 heavy (non-hydrogen) atoms. The lowest BCUT2D eigenvalue weighted by Gasteiger charge is -2.28. The van der Waals surface area contributed by atoms with Crippen molar-refractivity contribution in [3.63, 3.8) is 0 Å². The number of H-pyrrole nitrogens is 1. The number of aromatic amines is 1. The van der Waals surface area contributed by atoms with Crippen molar-refractivity contribution in [3.8, 4) is 0 Å². The summed E-state index contributed by atoms with van der Waals surface area (Å²) >= 11 is 3.05. The van der Waals surface area contributed by atoms with Crippen LogP contribution in [-0.2, 0) is 28.0 Å². The van der Waals surface area contributed by atoms with Gasteiger partial charge in [0.1, 0.15) is 12.3 Å². The summed E-state index contributed by atoms with van der Waals surface area (Å²) < 4.78 is 28.8. The van der Waals surface area contributed by atoms with E-state index in [0.29, 0.717) is 5.69 Å². The van der Waals surface area contributed by atoms with E-state index in [9.17, 15) is 28.9 Å². The van der Waals surface area contributed by atoms with Crippen LogP contribution in [0.5, 0.6) is 0 Å². The van der Waals surface area contributed by atoms with Gasteiger partial charge in [-0.1, -0.05) is 34.1 Å². The number of nitrogens with zero attached hydrogens (tertiary/aromatic N) is 2. The molecule has 3 N–H and O–H groups in total. The van der Waals surface area contributed by atoms with E-state index in [-0.39, 0.29) is 18.6 Å². The SMILES string of the molecule is CCON(c1ccccc1)[C@@H](C)C(=O)OP(=O)(O)OC[C@H]1O[C@@H](n2cc(/C=C/Br)c(=O)[nH]c2=O)C[C@@H]1O. The molecule has 0 amide bonds. The standard InChI is InChI=1S/C22H27BrN3O10P/c1-3-33-26(16-7-5-4-6-8-16)14(2)21(29)36-37(31,32)34-13-18-17(27)11-19(35-18)25-12-15(9-10-23)20(28)24-22(25)30/h4-10,12,14,17-19,27H,3,11,13H2,1-2H3,(H,31,32)(H,24,28,30)/b10-9+/t14-,17-,18+,19+/m0/s1. The largest absolute Gasteiger partial charge is 0.529 e. The van der Waals surface area contributed by atoms with E-state index in [0.717, 1.165) is 4.57 Å². The second-order valence-electron chi connectivity index (χ2n) is 7.91. The van der Waals surface area contributed by atoms with Crippen LogP contribution in [-0.4, -0.2) is 57.0 Å². The molecule has 0 bridgehead atoms. The van der Waals surface area contributed by atoms with Crippen LogP contribution in [0.25, 0.3) is 6.08 Å². The fourth-order valence-corrected chi connectivity index (χ4v) is 4.59. The molecule has 202 valence electrons. The number of hydroxylamine groups is 1. The van der Waals surface area contributed by atoms with Gasteiger partial charge < -0.3 is 14.4 Å². The Hall–Kier alpha value is -2.58. The van der Waals surface area contributed by atoms with Gasteiger partial charge in [-0.05, 0) is 37.0 Å². The van der Waals surface area contributed by atoms with Gasteiger partial charge in [0, 0.05) is 12.6 Å². The second-order valence-corrected chi connectivity index (χ2v) is 9.81. The number of ether oxygens (including phenoxy) is 1. The highest BCUT2D eigenvalue weighted by atomic mass is 79.9. The number of aliphatic hydroxyl groups is 1. The Morgan fingerprint density at radius 1 is 1.38 bits per heavy atom. The number of para-hydroxylation sites is 1. The van der Waals surface area contributed by atoms with E-state index in [4.69, 9.17) is 18.6 Å². The van der Waals surface area contributed by atoms with Crippen molar-refractivity contribution >= 4 is 41.5 Å². The molecule has 1 aromatic carbocycles. The van der Waals surface area contributed by atoms with Crippen LogP contribution < -0.4 is 16.3 Å². The monoisotopic (exact) mass is 603 g/mol. The normalized spacial score (nSPS) is 22.0. The number of anilines is 1. The van der Waals surface area contributed by atoms with Crippen LogP contribution in [0.1, 0.15) is 32.1 Å². The van der Waals surface area contributed by atoms with Gasteiger partial charge in [0.05, 0.1) is 30.6 Å². The molecule has 0 saturated carbocycles. The summed E-state index contributed by atoms with van der Waals surface area (Å²) in [5.41, 5.74) is -0.679. The van der Waals surface area contributed by atoms with Crippen molar-refractivity contribution in [2.24, 2.45) is 0 Å². The highest BCUT2D eigenvalue weighted by Gasteiger charge is 2.39. The highest BCUT2D eigenvalue weighted by Crippen LogP contribution is 2.45. The minimum absolute atomic E-state index is 0.0651. The maximum atomic E-state index is 12.6. The molecule has 15 heteroatoms. The molecule has 0 spiro atoms. The van der Waals surface area contributed by atoms with E-state index in [1.165, 1.54) is 29.2 Å². The Bertz CT molecular complexity index is 1270. The first kappa shape index (κ1) is 29.0. The Labute approximate surface area is 219 Å². The molecular weight excluding hydrogens is 577 g/mol. The van der Waals surface area contributed by atoms with E-state index < -0.39 is 56.1 Å². The zero-order valence-corrected chi connectivity index (χ0v) is 22.4. The van der Waals surface area contributed by atoms with E-state index in [2.05, 4.69) is 20.9 Å². The minimum Gasteiger partial charge on any atom is -0.390 e. The van der Waals surface area contributed by atoms with Crippen molar-refractivity contribution in [1.29, 1.82) is 0 Å². The second kappa shape index (κ2) is 12.8. The number of rotatable bonds is 11. The summed E-state index contributed by atoms with van der Waals surface area (Å²) in [4.78, 5) is 55.8. The third kappa shape index (κ3) is 7.48. The smallest absolute Gasteiger partial charge is 0.390 e. The van der Waals surface area contributed by atoms with E-state index >= 15 is 0 Å². The summed E-state index contributed by atoms with van der Waals surface area (Å²) in [6.45, 7) is 2.76. The molecule has 1 saturated heterocycles. The number of aromatic nitrogens is 2. The third-order valence-electron chi connectivity index (χ3n) is 5.33. The van der Waals surface area contributed by atoms with Gasteiger partial charge in [-0.2, -0.15) is 0 Å². The zero-order chi connectivity index (χ0) is 27.2. The Kier molecular flexibility index (Phi) is 10.0. The lowest BCUT2D eigenvalue weighted by Crippen LogP contribution is -2.40. The van der Waals surface area contributed by atoms with Crippen molar-refractivity contribution in [1.82, 2.24) is 9.55 Å². The number of carbonyl (C=O) groups excluding carboxylic acids is 1. The molecule has 1 unspecified atom stereocenters. The molecule has 1 aliphatic rings. The summed E-state index contributed by atoms with van der Waals surface area (Å²) in [6, 6.07) is 7.54. The maximum absolute atomic E-state index is 12.6. The number of phosphoric acid groups is 1. The van der Waals surface area contributed by atoms with Gasteiger partial charge in [-0.3, -0.25) is 28.6 Å². The Morgan fingerprint density at radius 2 is 2.08 bits per heavy atom. The average Bonchev–Trinajstić information content (AvgIpc) is 3.23.